The van der Waals surface area contributed by atoms with E-state index in [9.17, 15) is 4.79 Å². The monoisotopic (exact) mass is 256 g/mol. The second-order valence-electron chi connectivity index (χ2n) is 5.43. The van der Waals surface area contributed by atoms with Crippen molar-refractivity contribution in [1.29, 1.82) is 0 Å². The van der Waals surface area contributed by atoms with E-state index in [1.165, 1.54) is 32.1 Å². The standard InChI is InChI=1S/C15H32N2O/c1-3-5-7-9-13(12-16)11-14(15(17)18)10-8-6-4-2/h13-14H,3-12,16H2,1-2H3,(H2,17,18)/t13-,14-/m0/s1. The van der Waals surface area contributed by atoms with Crippen LogP contribution in [0.5, 0.6) is 0 Å². The van der Waals surface area contributed by atoms with Crippen LogP contribution in [-0.2, 0) is 4.79 Å². The summed E-state index contributed by atoms with van der Waals surface area (Å²) in [6.45, 7) is 5.06. The van der Waals surface area contributed by atoms with Crippen LogP contribution in [0.1, 0.15) is 71.6 Å². The molecule has 3 heteroatoms. The Labute approximate surface area is 113 Å². The number of amides is 1. The lowest BCUT2D eigenvalue weighted by molar-refractivity contribution is -0.122. The van der Waals surface area contributed by atoms with Crippen molar-refractivity contribution in [1.82, 2.24) is 0 Å². The highest BCUT2D eigenvalue weighted by Gasteiger charge is 2.19. The topological polar surface area (TPSA) is 69.1 Å². The molecule has 0 unspecified atom stereocenters. The van der Waals surface area contributed by atoms with E-state index >= 15 is 0 Å². The Morgan fingerprint density at radius 3 is 2.00 bits per heavy atom. The summed E-state index contributed by atoms with van der Waals surface area (Å²) in [5.74, 6) is 0.363. The molecule has 0 bridgehead atoms. The normalized spacial score (nSPS) is 14.4. The summed E-state index contributed by atoms with van der Waals surface area (Å²) in [4.78, 5) is 11.5. The first-order valence-electron chi connectivity index (χ1n) is 7.65. The molecular formula is C15H32N2O. The van der Waals surface area contributed by atoms with Gasteiger partial charge in [-0.25, -0.2) is 0 Å². The Kier molecular flexibility index (Phi) is 11.2. The molecule has 108 valence electrons. The molecule has 0 saturated heterocycles. The molecule has 0 heterocycles. The van der Waals surface area contributed by atoms with Gasteiger partial charge in [-0.1, -0.05) is 52.4 Å². The smallest absolute Gasteiger partial charge is 0.220 e. The quantitative estimate of drug-likeness (QED) is 0.526. The molecule has 0 spiro atoms. The summed E-state index contributed by atoms with van der Waals surface area (Å²) in [5.41, 5.74) is 11.3. The summed E-state index contributed by atoms with van der Waals surface area (Å²) < 4.78 is 0. The SMILES string of the molecule is CCCCC[C@H](CN)C[C@H](CCCCC)C(N)=O. The number of hydrogen-bond acceptors (Lipinski definition) is 2. The van der Waals surface area contributed by atoms with Gasteiger partial charge in [0.15, 0.2) is 0 Å². The molecule has 0 aromatic rings. The molecular weight excluding hydrogens is 224 g/mol. The maximum absolute atomic E-state index is 11.5. The third kappa shape index (κ3) is 8.51. The average Bonchev–Trinajstić information content (AvgIpc) is 2.35. The second-order valence-corrected chi connectivity index (χ2v) is 5.43. The van der Waals surface area contributed by atoms with Crippen molar-refractivity contribution in [2.45, 2.75) is 71.6 Å². The van der Waals surface area contributed by atoms with Crippen LogP contribution in [-0.4, -0.2) is 12.5 Å². The number of primary amides is 1. The molecule has 0 aromatic heterocycles. The molecule has 0 aliphatic heterocycles. The summed E-state index contributed by atoms with van der Waals surface area (Å²) >= 11 is 0. The van der Waals surface area contributed by atoms with Gasteiger partial charge in [-0.3, -0.25) is 4.79 Å². The molecule has 0 aromatic carbocycles. The van der Waals surface area contributed by atoms with Crippen LogP contribution in [0, 0.1) is 11.8 Å². The Hall–Kier alpha value is -0.570. The highest BCUT2D eigenvalue weighted by Crippen LogP contribution is 2.22. The predicted molar refractivity (Wildman–Crippen MR) is 78.1 cm³/mol. The first-order valence-corrected chi connectivity index (χ1v) is 7.65. The molecule has 4 N–H and O–H groups in total. The maximum Gasteiger partial charge on any atom is 0.220 e. The average molecular weight is 256 g/mol. The zero-order valence-electron chi connectivity index (χ0n) is 12.3. The van der Waals surface area contributed by atoms with Crippen molar-refractivity contribution in [3.05, 3.63) is 0 Å². The van der Waals surface area contributed by atoms with Crippen LogP contribution in [0.4, 0.5) is 0 Å². The Morgan fingerprint density at radius 2 is 1.56 bits per heavy atom. The van der Waals surface area contributed by atoms with Crippen molar-refractivity contribution >= 4 is 5.91 Å². The van der Waals surface area contributed by atoms with Crippen LogP contribution in [0.2, 0.25) is 0 Å². The minimum absolute atomic E-state index is 0.0340. The molecule has 0 aliphatic carbocycles. The lowest BCUT2D eigenvalue weighted by Crippen LogP contribution is -2.28. The summed E-state index contributed by atoms with van der Waals surface area (Å²) in [7, 11) is 0. The van der Waals surface area contributed by atoms with E-state index in [1.807, 2.05) is 0 Å². The fourth-order valence-corrected chi connectivity index (χ4v) is 2.43. The maximum atomic E-state index is 11.5. The van der Waals surface area contributed by atoms with Crippen LogP contribution in [0.15, 0.2) is 0 Å². The molecule has 3 nitrogen and oxygen atoms in total. The van der Waals surface area contributed by atoms with Crippen LogP contribution in [0.3, 0.4) is 0 Å². The minimum atomic E-state index is -0.139. The van der Waals surface area contributed by atoms with Crippen LogP contribution < -0.4 is 11.5 Å². The van der Waals surface area contributed by atoms with Gasteiger partial charge in [0.2, 0.25) is 5.91 Å². The summed E-state index contributed by atoms with van der Waals surface area (Å²) in [6.07, 6.45) is 10.2. The van der Waals surface area contributed by atoms with Gasteiger partial charge >= 0.3 is 0 Å². The molecule has 0 saturated carbocycles. The predicted octanol–water partition coefficient (Wildman–Crippen LogP) is 3.21. The molecule has 1 amide bonds. The Bertz CT molecular complexity index is 207. The minimum Gasteiger partial charge on any atom is -0.369 e. The fraction of sp³-hybridized carbons (Fsp3) is 0.933. The zero-order valence-corrected chi connectivity index (χ0v) is 12.3. The molecule has 0 aliphatic rings. The third-order valence-corrected chi connectivity index (χ3v) is 3.73. The zero-order chi connectivity index (χ0) is 13.8. The van der Waals surface area contributed by atoms with Crippen molar-refractivity contribution in [3.8, 4) is 0 Å². The van der Waals surface area contributed by atoms with Crippen molar-refractivity contribution in [3.63, 3.8) is 0 Å². The van der Waals surface area contributed by atoms with Crippen molar-refractivity contribution in [2.24, 2.45) is 23.3 Å². The Morgan fingerprint density at radius 1 is 1.00 bits per heavy atom. The first-order chi connectivity index (χ1) is 8.65. The van der Waals surface area contributed by atoms with Gasteiger partial charge < -0.3 is 11.5 Å². The molecule has 0 rings (SSSR count). The van der Waals surface area contributed by atoms with E-state index in [0.717, 1.165) is 25.7 Å². The van der Waals surface area contributed by atoms with E-state index in [1.54, 1.807) is 0 Å². The van der Waals surface area contributed by atoms with Gasteiger partial charge in [0.25, 0.3) is 0 Å². The highest BCUT2D eigenvalue weighted by molar-refractivity contribution is 5.76. The second kappa shape index (κ2) is 11.5. The summed E-state index contributed by atoms with van der Waals surface area (Å²) in [6, 6.07) is 0. The number of unbranched alkanes of at least 4 members (excludes halogenated alkanes) is 4. The number of rotatable bonds is 12. The van der Waals surface area contributed by atoms with Gasteiger partial charge in [0, 0.05) is 5.92 Å². The van der Waals surface area contributed by atoms with E-state index in [0.29, 0.717) is 12.5 Å². The Balaban J connectivity index is 4.04. The van der Waals surface area contributed by atoms with Gasteiger partial charge in [0.1, 0.15) is 0 Å². The third-order valence-electron chi connectivity index (χ3n) is 3.73. The fourth-order valence-electron chi connectivity index (χ4n) is 2.43. The highest BCUT2D eigenvalue weighted by atomic mass is 16.1. The molecule has 0 radical (unpaired) electrons. The van der Waals surface area contributed by atoms with Gasteiger partial charge in [0.05, 0.1) is 0 Å². The first kappa shape index (κ1) is 17.4. The summed E-state index contributed by atoms with van der Waals surface area (Å²) in [5, 5.41) is 0. The van der Waals surface area contributed by atoms with Gasteiger partial charge in [-0.05, 0) is 31.7 Å². The lowest BCUT2D eigenvalue weighted by Gasteiger charge is -2.20. The molecule has 18 heavy (non-hydrogen) atoms. The molecule has 0 fully saturated rings. The van der Waals surface area contributed by atoms with Gasteiger partial charge in [-0.2, -0.15) is 0 Å². The number of carbonyl (C=O) groups excluding carboxylic acids is 1. The van der Waals surface area contributed by atoms with E-state index in [-0.39, 0.29) is 11.8 Å². The van der Waals surface area contributed by atoms with Crippen LogP contribution in [0.25, 0.3) is 0 Å². The number of carbonyl (C=O) groups is 1. The van der Waals surface area contributed by atoms with Gasteiger partial charge in [-0.15, -0.1) is 0 Å². The van der Waals surface area contributed by atoms with E-state index in [4.69, 9.17) is 11.5 Å². The molecule has 2 atom stereocenters. The van der Waals surface area contributed by atoms with Crippen molar-refractivity contribution in [2.75, 3.05) is 6.54 Å². The largest absolute Gasteiger partial charge is 0.369 e. The van der Waals surface area contributed by atoms with Crippen LogP contribution >= 0.6 is 0 Å². The number of hydrogen-bond donors (Lipinski definition) is 2. The van der Waals surface area contributed by atoms with Crippen molar-refractivity contribution < 1.29 is 4.79 Å². The van der Waals surface area contributed by atoms with E-state index in [2.05, 4.69) is 13.8 Å². The van der Waals surface area contributed by atoms with E-state index < -0.39 is 0 Å². The lowest BCUT2D eigenvalue weighted by atomic mass is 9.87. The number of nitrogens with two attached hydrogens (primary N) is 2.